The maximum absolute atomic E-state index is 12.6. The molecule has 1 aliphatic rings. The molecule has 8 heteroatoms. The molecule has 0 radical (unpaired) electrons. The number of amides is 2. The highest BCUT2D eigenvalue weighted by atomic mass is 35.5. The molecule has 3 atom stereocenters. The second kappa shape index (κ2) is 9.59. The second-order valence-corrected chi connectivity index (χ2v) is 9.17. The van der Waals surface area contributed by atoms with Gasteiger partial charge in [-0.1, -0.05) is 17.7 Å². The van der Waals surface area contributed by atoms with Crippen LogP contribution in [0.1, 0.15) is 42.3 Å². The number of nitrogens with two attached hydrogens (primary N) is 1. The molecule has 0 bridgehead atoms. The van der Waals surface area contributed by atoms with Gasteiger partial charge in [0.15, 0.2) is 0 Å². The third-order valence-electron chi connectivity index (χ3n) is 5.45. The summed E-state index contributed by atoms with van der Waals surface area (Å²) in [5, 5.41) is 8.44. The lowest BCUT2D eigenvalue weighted by Gasteiger charge is -2.17. The Kier molecular flexibility index (Phi) is 7.14. The number of halogens is 1. The Morgan fingerprint density at radius 1 is 1.38 bits per heavy atom. The first-order valence-electron chi connectivity index (χ1n) is 9.84. The summed E-state index contributed by atoms with van der Waals surface area (Å²) in [5.41, 5.74) is 7.33. The molecule has 2 aromatic heterocycles. The quantitative estimate of drug-likeness (QED) is 0.621. The fraction of sp³-hybridized carbons (Fsp3) is 0.476. The Labute approximate surface area is 180 Å². The van der Waals surface area contributed by atoms with E-state index in [0.717, 1.165) is 42.0 Å². The smallest absolute Gasteiger partial charge is 0.242 e. The molecule has 2 heterocycles. The fourth-order valence-electron chi connectivity index (χ4n) is 3.77. The molecule has 0 unspecified atom stereocenters. The summed E-state index contributed by atoms with van der Waals surface area (Å²) in [6.07, 6.45) is 3.70. The summed E-state index contributed by atoms with van der Waals surface area (Å²) in [6.45, 7) is 3.91. The Morgan fingerprint density at radius 2 is 2.17 bits per heavy atom. The minimum absolute atomic E-state index is 0.0331. The van der Waals surface area contributed by atoms with Crippen LogP contribution in [0.4, 0.5) is 5.82 Å². The summed E-state index contributed by atoms with van der Waals surface area (Å²) >= 11 is 7.66. The van der Waals surface area contributed by atoms with Gasteiger partial charge in [0.05, 0.1) is 5.02 Å². The highest BCUT2D eigenvalue weighted by molar-refractivity contribution is 7.10. The van der Waals surface area contributed by atoms with Crippen LogP contribution in [-0.2, 0) is 22.6 Å². The summed E-state index contributed by atoms with van der Waals surface area (Å²) in [4.78, 5) is 30.4. The highest BCUT2D eigenvalue weighted by Gasteiger charge is 2.31. The van der Waals surface area contributed by atoms with E-state index < -0.39 is 6.04 Å². The van der Waals surface area contributed by atoms with Crippen LogP contribution in [0.5, 0.6) is 0 Å². The number of nitrogens with one attached hydrogen (secondary N) is 2. The first kappa shape index (κ1) is 21.6. The minimum atomic E-state index is -0.584. The Hall–Kier alpha value is -2.12. The van der Waals surface area contributed by atoms with Crippen LogP contribution in [-0.4, -0.2) is 22.8 Å². The standard InChI is InChI=1S/C21H27ClN4O2S/c1-12-16(5-6-19(23)25-12)10-24-20(27)13(2)26-21(28)15-4-3-14(7-15)8-18-9-17(22)11-29-18/h5-6,9,11,13-15H,3-4,7-8,10H2,1-2H3,(H2,23,25)(H,24,27)(H,26,28)/t13-,14+,15+/m0/s1. The SMILES string of the molecule is Cc1nc(N)ccc1CNC(=O)[C@H](C)NC(=O)[C@@H]1CC[C@@H](Cc2cc(Cl)cs2)C1. The van der Waals surface area contributed by atoms with Gasteiger partial charge in [0.2, 0.25) is 11.8 Å². The topological polar surface area (TPSA) is 97.1 Å². The number of hydrogen-bond donors (Lipinski definition) is 3. The van der Waals surface area contributed by atoms with Crippen LogP contribution in [0, 0.1) is 18.8 Å². The van der Waals surface area contributed by atoms with E-state index >= 15 is 0 Å². The predicted octanol–water partition coefficient (Wildman–Crippen LogP) is 3.47. The number of nitrogens with zero attached hydrogens (tertiary/aromatic N) is 1. The maximum atomic E-state index is 12.6. The van der Waals surface area contributed by atoms with Crippen LogP contribution < -0.4 is 16.4 Å². The number of thiophene rings is 1. The molecule has 1 fully saturated rings. The van der Waals surface area contributed by atoms with Crippen molar-refractivity contribution < 1.29 is 9.59 Å². The molecule has 0 saturated heterocycles. The summed E-state index contributed by atoms with van der Waals surface area (Å²) < 4.78 is 0. The van der Waals surface area contributed by atoms with Crippen molar-refractivity contribution >= 4 is 40.6 Å². The number of hydrogen-bond acceptors (Lipinski definition) is 5. The summed E-state index contributed by atoms with van der Waals surface area (Å²) in [5.74, 6) is 0.664. The van der Waals surface area contributed by atoms with Gasteiger partial charge < -0.3 is 16.4 Å². The van der Waals surface area contributed by atoms with E-state index in [0.29, 0.717) is 18.3 Å². The largest absolute Gasteiger partial charge is 0.384 e. The molecule has 4 N–H and O–H groups in total. The van der Waals surface area contributed by atoms with Gasteiger partial charge in [0, 0.05) is 28.4 Å². The lowest BCUT2D eigenvalue weighted by Crippen LogP contribution is -2.46. The maximum Gasteiger partial charge on any atom is 0.242 e. The van der Waals surface area contributed by atoms with E-state index in [4.69, 9.17) is 17.3 Å². The van der Waals surface area contributed by atoms with Crippen molar-refractivity contribution in [3.8, 4) is 0 Å². The van der Waals surface area contributed by atoms with Crippen molar-refractivity contribution in [2.45, 2.75) is 52.1 Å². The Balaban J connectivity index is 1.44. The number of carbonyl (C=O) groups excluding carboxylic acids is 2. The van der Waals surface area contributed by atoms with E-state index in [2.05, 4.69) is 15.6 Å². The van der Waals surface area contributed by atoms with Gasteiger partial charge in [-0.3, -0.25) is 9.59 Å². The number of aryl methyl sites for hydroxylation is 1. The van der Waals surface area contributed by atoms with Crippen LogP contribution in [0.15, 0.2) is 23.6 Å². The van der Waals surface area contributed by atoms with Crippen molar-refractivity contribution in [2.75, 3.05) is 5.73 Å². The van der Waals surface area contributed by atoms with E-state index in [9.17, 15) is 9.59 Å². The predicted molar refractivity (Wildman–Crippen MR) is 117 cm³/mol. The zero-order chi connectivity index (χ0) is 21.0. The molecule has 0 aliphatic heterocycles. The number of aromatic nitrogens is 1. The van der Waals surface area contributed by atoms with Crippen molar-refractivity contribution in [1.82, 2.24) is 15.6 Å². The van der Waals surface area contributed by atoms with Crippen molar-refractivity contribution in [3.05, 3.63) is 44.7 Å². The van der Waals surface area contributed by atoms with Gasteiger partial charge in [-0.2, -0.15) is 0 Å². The second-order valence-electron chi connectivity index (χ2n) is 7.74. The van der Waals surface area contributed by atoms with Crippen LogP contribution in [0.2, 0.25) is 5.02 Å². The average Bonchev–Trinajstić information content (AvgIpc) is 3.30. The zero-order valence-electron chi connectivity index (χ0n) is 16.7. The molecule has 29 heavy (non-hydrogen) atoms. The van der Waals surface area contributed by atoms with Crippen LogP contribution in [0.25, 0.3) is 0 Å². The van der Waals surface area contributed by atoms with Gasteiger partial charge in [-0.05, 0) is 63.1 Å². The average molecular weight is 435 g/mol. The highest BCUT2D eigenvalue weighted by Crippen LogP contribution is 2.35. The molecule has 1 aliphatic carbocycles. The lowest BCUT2D eigenvalue weighted by atomic mass is 10.0. The van der Waals surface area contributed by atoms with E-state index in [1.807, 2.05) is 24.4 Å². The van der Waals surface area contributed by atoms with Gasteiger partial charge in [0.25, 0.3) is 0 Å². The zero-order valence-corrected chi connectivity index (χ0v) is 18.3. The minimum Gasteiger partial charge on any atom is -0.384 e. The Morgan fingerprint density at radius 3 is 2.86 bits per heavy atom. The lowest BCUT2D eigenvalue weighted by molar-refractivity contribution is -0.130. The first-order chi connectivity index (χ1) is 13.8. The normalized spacial score (nSPS) is 19.7. The number of rotatable bonds is 7. The Bertz CT molecular complexity index is 885. The number of nitrogen functional groups attached to an aromatic ring is 1. The van der Waals surface area contributed by atoms with Gasteiger partial charge in [-0.15, -0.1) is 11.3 Å². The molecule has 2 aromatic rings. The molecule has 0 spiro atoms. The van der Waals surface area contributed by atoms with E-state index in [1.165, 1.54) is 4.88 Å². The van der Waals surface area contributed by atoms with Crippen LogP contribution in [0.3, 0.4) is 0 Å². The molecular formula is C21H27ClN4O2S. The fourth-order valence-corrected chi connectivity index (χ4v) is 4.96. The van der Waals surface area contributed by atoms with Crippen molar-refractivity contribution in [2.24, 2.45) is 11.8 Å². The molecule has 3 rings (SSSR count). The number of anilines is 1. The number of pyridine rings is 1. The van der Waals surface area contributed by atoms with Gasteiger partial charge in [0.1, 0.15) is 11.9 Å². The number of carbonyl (C=O) groups is 2. The van der Waals surface area contributed by atoms with Gasteiger partial charge in [-0.25, -0.2) is 4.98 Å². The molecule has 156 valence electrons. The summed E-state index contributed by atoms with van der Waals surface area (Å²) in [6, 6.07) is 4.98. The van der Waals surface area contributed by atoms with Crippen molar-refractivity contribution in [3.63, 3.8) is 0 Å². The molecule has 6 nitrogen and oxygen atoms in total. The molecule has 0 aromatic carbocycles. The third kappa shape index (κ3) is 5.93. The third-order valence-corrected chi connectivity index (χ3v) is 6.75. The first-order valence-corrected chi connectivity index (χ1v) is 11.1. The van der Waals surface area contributed by atoms with E-state index in [-0.39, 0.29) is 17.7 Å². The van der Waals surface area contributed by atoms with E-state index in [1.54, 1.807) is 24.3 Å². The van der Waals surface area contributed by atoms with Crippen LogP contribution >= 0.6 is 22.9 Å². The molecule has 2 amide bonds. The molecular weight excluding hydrogens is 408 g/mol. The van der Waals surface area contributed by atoms with Crippen molar-refractivity contribution in [1.29, 1.82) is 0 Å². The molecule has 1 saturated carbocycles. The van der Waals surface area contributed by atoms with Gasteiger partial charge >= 0.3 is 0 Å². The monoisotopic (exact) mass is 434 g/mol. The summed E-state index contributed by atoms with van der Waals surface area (Å²) in [7, 11) is 0.